The van der Waals surface area contributed by atoms with E-state index in [0.717, 1.165) is 28.6 Å². The summed E-state index contributed by atoms with van der Waals surface area (Å²) in [5.74, 6) is 1.36. The zero-order valence-corrected chi connectivity index (χ0v) is 13.1. The lowest BCUT2D eigenvalue weighted by Crippen LogP contribution is -2.14. The highest BCUT2D eigenvalue weighted by Crippen LogP contribution is 2.44. The molecule has 0 spiro atoms. The van der Waals surface area contributed by atoms with Crippen LogP contribution in [-0.4, -0.2) is 17.8 Å². The summed E-state index contributed by atoms with van der Waals surface area (Å²) >= 11 is 3.62. The van der Waals surface area contributed by atoms with Crippen LogP contribution < -0.4 is 4.74 Å². The van der Waals surface area contributed by atoms with Crippen LogP contribution in [0.4, 0.5) is 0 Å². The van der Waals surface area contributed by atoms with E-state index < -0.39 is 5.60 Å². The molecule has 1 aromatic rings. The summed E-state index contributed by atoms with van der Waals surface area (Å²) in [4.78, 5) is 0. The van der Waals surface area contributed by atoms with Crippen LogP contribution in [0.25, 0.3) is 0 Å². The van der Waals surface area contributed by atoms with Gasteiger partial charge in [0.1, 0.15) is 5.75 Å². The van der Waals surface area contributed by atoms with Gasteiger partial charge >= 0.3 is 0 Å². The van der Waals surface area contributed by atoms with Gasteiger partial charge in [-0.25, -0.2) is 0 Å². The van der Waals surface area contributed by atoms with Crippen LogP contribution in [0.1, 0.15) is 49.3 Å². The zero-order valence-electron chi connectivity index (χ0n) is 11.5. The Labute approximate surface area is 117 Å². The predicted octanol–water partition coefficient (Wildman–Crippen LogP) is 3.96. The van der Waals surface area contributed by atoms with Gasteiger partial charge in [-0.2, -0.15) is 0 Å². The molecule has 18 heavy (non-hydrogen) atoms. The Morgan fingerprint density at radius 3 is 2.50 bits per heavy atom. The topological polar surface area (TPSA) is 29.5 Å². The Morgan fingerprint density at radius 2 is 2.06 bits per heavy atom. The number of halogens is 1. The van der Waals surface area contributed by atoms with E-state index in [2.05, 4.69) is 42.8 Å². The predicted molar refractivity (Wildman–Crippen MR) is 77.4 cm³/mol. The van der Waals surface area contributed by atoms with Crippen LogP contribution in [0.15, 0.2) is 10.5 Å². The van der Waals surface area contributed by atoms with Crippen LogP contribution in [0.5, 0.6) is 5.75 Å². The summed E-state index contributed by atoms with van der Waals surface area (Å²) in [5, 5.41) is 10.2. The molecule has 1 aliphatic rings. The first-order valence-corrected chi connectivity index (χ1v) is 7.25. The van der Waals surface area contributed by atoms with E-state index in [0.29, 0.717) is 12.3 Å². The Morgan fingerprint density at radius 1 is 1.44 bits per heavy atom. The molecule has 0 saturated heterocycles. The molecule has 0 bridgehead atoms. The SMILES string of the molecule is COc1c(C(C)C)cc(Br)c(C)c1CC1(O)CC1. The number of rotatable bonds is 4. The largest absolute Gasteiger partial charge is 0.496 e. The van der Waals surface area contributed by atoms with E-state index in [-0.39, 0.29) is 0 Å². The Balaban J connectivity index is 2.53. The summed E-state index contributed by atoms with van der Waals surface area (Å²) in [6, 6.07) is 2.14. The maximum atomic E-state index is 10.2. The summed E-state index contributed by atoms with van der Waals surface area (Å²) < 4.78 is 6.72. The quantitative estimate of drug-likeness (QED) is 0.912. The average molecular weight is 313 g/mol. The molecule has 0 unspecified atom stereocenters. The van der Waals surface area contributed by atoms with Crippen molar-refractivity contribution in [1.29, 1.82) is 0 Å². The molecule has 0 amide bonds. The lowest BCUT2D eigenvalue weighted by molar-refractivity contribution is 0.149. The van der Waals surface area contributed by atoms with Crippen molar-refractivity contribution >= 4 is 15.9 Å². The molecule has 0 atom stereocenters. The number of hydrogen-bond acceptors (Lipinski definition) is 2. The monoisotopic (exact) mass is 312 g/mol. The third-order valence-electron chi connectivity index (χ3n) is 3.79. The van der Waals surface area contributed by atoms with Crippen molar-refractivity contribution in [3.63, 3.8) is 0 Å². The summed E-state index contributed by atoms with van der Waals surface area (Å²) in [6.45, 7) is 6.41. The third-order valence-corrected chi connectivity index (χ3v) is 4.61. The van der Waals surface area contributed by atoms with E-state index >= 15 is 0 Å². The smallest absolute Gasteiger partial charge is 0.125 e. The standard InChI is InChI=1S/C15H21BrO2/c1-9(2)11-7-13(16)10(3)12(14(11)18-4)8-15(17)5-6-15/h7,9,17H,5-6,8H2,1-4H3. The van der Waals surface area contributed by atoms with E-state index in [1.165, 1.54) is 11.1 Å². The van der Waals surface area contributed by atoms with E-state index in [4.69, 9.17) is 4.74 Å². The maximum absolute atomic E-state index is 10.2. The molecule has 1 N–H and O–H groups in total. The number of benzene rings is 1. The van der Waals surface area contributed by atoms with Crippen molar-refractivity contribution in [2.45, 2.75) is 51.6 Å². The van der Waals surface area contributed by atoms with Gasteiger partial charge in [0.15, 0.2) is 0 Å². The number of methoxy groups -OCH3 is 1. The molecule has 0 radical (unpaired) electrons. The highest BCUT2D eigenvalue weighted by atomic mass is 79.9. The molecule has 0 aromatic heterocycles. The molecular formula is C15H21BrO2. The van der Waals surface area contributed by atoms with Crippen LogP contribution in [-0.2, 0) is 6.42 Å². The minimum absolute atomic E-state index is 0.407. The van der Waals surface area contributed by atoms with Gasteiger partial charge in [0.25, 0.3) is 0 Å². The highest BCUT2D eigenvalue weighted by molar-refractivity contribution is 9.10. The summed E-state index contributed by atoms with van der Waals surface area (Å²) in [6.07, 6.45) is 2.50. The van der Waals surface area contributed by atoms with Gasteiger partial charge in [-0.1, -0.05) is 29.8 Å². The van der Waals surface area contributed by atoms with Crippen molar-refractivity contribution in [1.82, 2.24) is 0 Å². The fraction of sp³-hybridized carbons (Fsp3) is 0.600. The molecule has 1 fully saturated rings. The van der Waals surface area contributed by atoms with E-state index in [1.54, 1.807) is 7.11 Å². The molecule has 1 aliphatic carbocycles. The van der Waals surface area contributed by atoms with Gasteiger partial charge in [0, 0.05) is 16.5 Å². The van der Waals surface area contributed by atoms with Crippen molar-refractivity contribution in [2.75, 3.05) is 7.11 Å². The second-order valence-corrected chi connectivity index (χ2v) is 6.49. The lowest BCUT2D eigenvalue weighted by Gasteiger charge is -2.21. The second-order valence-electron chi connectivity index (χ2n) is 5.64. The summed E-state index contributed by atoms with van der Waals surface area (Å²) in [5.41, 5.74) is 3.04. The van der Waals surface area contributed by atoms with E-state index in [9.17, 15) is 5.11 Å². The second kappa shape index (κ2) is 4.86. The van der Waals surface area contributed by atoms with E-state index in [1.807, 2.05) is 0 Å². The Kier molecular flexibility index (Phi) is 3.75. The van der Waals surface area contributed by atoms with Gasteiger partial charge in [-0.05, 0) is 42.9 Å². The van der Waals surface area contributed by atoms with Crippen molar-refractivity contribution < 1.29 is 9.84 Å². The number of hydrogen-bond donors (Lipinski definition) is 1. The average Bonchev–Trinajstić information content (AvgIpc) is 3.02. The van der Waals surface area contributed by atoms with Crippen molar-refractivity contribution in [3.05, 3.63) is 27.2 Å². The van der Waals surface area contributed by atoms with Gasteiger partial charge in [-0.15, -0.1) is 0 Å². The molecule has 100 valence electrons. The Bertz CT molecular complexity index is 462. The summed E-state index contributed by atoms with van der Waals surface area (Å²) in [7, 11) is 1.72. The molecule has 2 rings (SSSR count). The van der Waals surface area contributed by atoms with Crippen LogP contribution in [0.2, 0.25) is 0 Å². The van der Waals surface area contributed by atoms with Crippen molar-refractivity contribution in [2.24, 2.45) is 0 Å². The van der Waals surface area contributed by atoms with Crippen LogP contribution >= 0.6 is 15.9 Å². The molecule has 3 heteroatoms. The minimum Gasteiger partial charge on any atom is -0.496 e. The molecule has 2 nitrogen and oxygen atoms in total. The molecule has 1 aromatic carbocycles. The lowest BCUT2D eigenvalue weighted by atomic mass is 9.92. The number of ether oxygens (including phenoxy) is 1. The fourth-order valence-electron chi connectivity index (χ4n) is 2.33. The first-order chi connectivity index (χ1) is 8.38. The van der Waals surface area contributed by atoms with Gasteiger partial charge < -0.3 is 9.84 Å². The molecular weight excluding hydrogens is 292 g/mol. The molecule has 1 saturated carbocycles. The van der Waals surface area contributed by atoms with Crippen molar-refractivity contribution in [3.8, 4) is 5.75 Å². The first kappa shape index (κ1) is 13.9. The number of aliphatic hydroxyl groups is 1. The molecule has 0 aliphatic heterocycles. The fourth-order valence-corrected chi connectivity index (χ4v) is 2.82. The van der Waals surface area contributed by atoms with Gasteiger partial charge in [0.05, 0.1) is 12.7 Å². The zero-order chi connectivity index (χ0) is 13.5. The Hall–Kier alpha value is -0.540. The van der Waals surface area contributed by atoms with Gasteiger partial charge in [0.2, 0.25) is 0 Å². The van der Waals surface area contributed by atoms with Crippen LogP contribution in [0, 0.1) is 6.92 Å². The maximum Gasteiger partial charge on any atom is 0.125 e. The minimum atomic E-state index is -0.493. The first-order valence-electron chi connectivity index (χ1n) is 6.46. The van der Waals surface area contributed by atoms with Crippen LogP contribution in [0.3, 0.4) is 0 Å². The third kappa shape index (κ3) is 2.57. The van der Waals surface area contributed by atoms with Gasteiger partial charge in [-0.3, -0.25) is 0 Å². The highest BCUT2D eigenvalue weighted by Gasteiger charge is 2.41. The normalized spacial score (nSPS) is 17.1. The molecule has 0 heterocycles.